The largest absolute Gasteiger partial charge is 0.493 e. The molecule has 35 heavy (non-hydrogen) atoms. The molecule has 1 N–H and O–H groups in total. The molecule has 9 heteroatoms. The number of aliphatic imine (C=N–C) groups is 1. The standard InChI is InChI=1S/C26H26N4O5/c1-17-6-4-7-19(14-17)28-23(31)16-30-24-20(8-5-12-27-24)25(32)29(26(30)33)13-11-18-9-10-21(34-2)22(15-18)35-3/h4-10,12,14-15,20H,11,13,16H2,1-3H3/p+1. The Morgan fingerprint density at radius 3 is 2.66 bits per heavy atom. The Morgan fingerprint density at radius 2 is 1.91 bits per heavy atom. The van der Waals surface area contributed by atoms with Crippen molar-refractivity contribution >= 4 is 35.6 Å². The minimum absolute atomic E-state index is 0.143. The van der Waals surface area contributed by atoms with Crippen LogP contribution in [0.25, 0.3) is 0 Å². The summed E-state index contributed by atoms with van der Waals surface area (Å²) in [4.78, 5) is 44.8. The summed E-state index contributed by atoms with van der Waals surface area (Å²) in [7, 11) is 3.10. The maximum Gasteiger partial charge on any atom is 0.446 e. The molecule has 2 aromatic rings. The Kier molecular flexibility index (Phi) is 7.05. The summed E-state index contributed by atoms with van der Waals surface area (Å²) in [5.41, 5.74) is 2.51. The molecule has 180 valence electrons. The lowest BCUT2D eigenvalue weighted by Crippen LogP contribution is -2.56. The van der Waals surface area contributed by atoms with Crippen molar-refractivity contribution in [3.8, 4) is 11.5 Å². The van der Waals surface area contributed by atoms with Gasteiger partial charge in [0, 0.05) is 12.1 Å². The van der Waals surface area contributed by atoms with Gasteiger partial charge in [0.1, 0.15) is 6.21 Å². The zero-order chi connectivity index (χ0) is 24.9. The van der Waals surface area contributed by atoms with Crippen molar-refractivity contribution in [2.45, 2.75) is 13.3 Å². The molecule has 0 bridgehead atoms. The van der Waals surface area contributed by atoms with Crippen LogP contribution < -0.4 is 14.8 Å². The van der Waals surface area contributed by atoms with E-state index < -0.39 is 11.9 Å². The first-order valence-corrected chi connectivity index (χ1v) is 11.2. The van der Waals surface area contributed by atoms with E-state index in [2.05, 4.69) is 10.3 Å². The van der Waals surface area contributed by atoms with E-state index in [0.29, 0.717) is 23.6 Å². The molecule has 2 heterocycles. The van der Waals surface area contributed by atoms with Crippen molar-refractivity contribution in [3.05, 3.63) is 65.7 Å². The normalized spacial score (nSPS) is 16.9. The number of nitrogens with zero attached hydrogens (tertiary/aromatic N) is 3. The third kappa shape index (κ3) is 5.13. The van der Waals surface area contributed by atoms with Crippen LogP contribution in [-0.2, 0) is 16.0 Å². The van der Waals surface area contributed by atoms with Gasteiger partial charge in [-0.25, -0.2) is 4.79 Å². The number of hydrogen-bond acceptors (Lipinski definition) is 6. The van der Waals surface area contributed by atoms with Gasteiger partial charge in [-0.15, -0.1) is 4.99 Å². The monoisotopic (exact) mass is 475 g/mol. The van der Waals surface area contributed by atoms with Crippen molar-refractivity contribution in [2.24, 2.45) is 10.9 Å². The van der Waals surface area contributed by atoms with Gasteiger partial charge in [-0.3, -0.25) is 9.59 Å². The van der Waals surface area contributed by atoms with Crippen LogP contribution in [-0.4, -0.2) is 66.7 Å². The van der Waals surface area contributed by atoms with Crippen LogP contribution in [0.1, 0.15) is 11.1 Å². The number of rotatable bonds is 8. The number of methoxy groups -OCH3 is 2. The molecule has 4 amide bonds. The number of fused-ring (bicyclic) bond motifs is 1. The second-order valence-electron chi connectivity index (χ2n) is 8.21. The Balaban J connectivity index is 1.54. The zero-order valence-electron chi connectivity index (χ0n) is 19.9. The summed E-state index contributed by atoms with van der Waals surface area (Å²) in [6.45, 7) is 1.81. The first-order chi connectivity index (χ1) is 16.9. The molecule has 9 nitrogen and oxygen atoms in total. The number of amides is 4. The predicted molar refractivity (Wildman–Crippen MR) is 131 cm³/mol. The number of nitrogens with one attached hydrogen (secondary N) is 1. The molecule has 1 atom stereocenters. The molecule has 2 aliphatic rings. The number of carbonyl (C=O) groups is 3. The number of imide groups is 1. The quantitative estimate of drug-likeness (QED) is 0.592. The van der Waals surface area contributed by atoms with Gasteiger partial charge in [-0.05, 0) is 48.4 Å². The van der Waals surface area contributed by atoms with Crippen molar-refractivity contribution in [2.75, 3.05) is 32.6 Å². The summed E-state index contributed by atoms with van der Waals surface area (Å²) in [5, 5.41) is 2.81. The van der Waals surface area contributed by atoms with E-state index in [4.69, 9.17) is 9.47 Å². The fourth-order valence-corrected chi connectivity index (χ4v) is 4.08. The minimum atomic E-state index is -0.727. The highest BCUT2D eigenvalue weighted by molar-refractivity contribution is 6.15. The van der Waals surface area contributed by atoms with Crippen LogP contribution in [0.4, 0.5) is 10.5 Å². The average Bonchev–Trinajstić information content (AvgIpc) is 2.86. The van der Waals surface area contributed by atoms with Gasteiger partial charge < -0.3 is 14.8 Å². The van der Waals surface area contributed by atoms with Crippen molar-refractivity contribution < 1.29 is 28.4 Å². The SMILES string of the molecule is COc1ccc(CCN2C(=O)C3C=CC=NC3=[N+](CC(=O)Nc3cccc(C)c3)C2=O)cc1OC. The molecular formula is C26H27N4O5+. The Morgan fingerprint density at radius 1 is 1.11 bits per heavy atom. The van der Waals surface area contributed by atoms with Gasteiger partial charge >= 0.3 is 11.9 Å². The lowest BCUT2D eigenvalue weighted by molar-refractivity contribution is -0.429. The van der Waals surface area contributed by atoms with Gasteiger partial charge in [0.2, 0.25) is 0 Å². The molecular weight excluding hydrogens is 448 g/mol. The number of amidine groups is 1. The van der Waals surface area contributed by atoms with E-state index in [9.17, 15) is 14.4 Å². The summed E-state index contributed by atoms with van der Waals surface area (Å²) in [5.74, 6) is -0.0604. The second kappa shape index (κ2) is 10.3. The summed E-state index contributed by atoms with van der Waals surface area (Å²) in [6, 6.07) is 12.3. The number of anilines is 1. The number of aryl methyl sites for hydroxylation is 1. The van der Waals surface area contributed by atoms with Crippen molar-refractivity contribution in [1.29, 1.82) is 0 Å². The maximum atomic E-state index is 13.4. The molecule has 1 unspecified atom stereocenters. The summed E-state index contributed by atoms with van der Waals surface area (Å²) >= 11 is 0. The number of benzene rings is 2. The third-order valence-corrected chi connectivity index (χ3v) is 5.82. The topological polar surface area (TPSA) is 100 Å². The number of hydrogen-bond donors (Lipinski definition) is 1. The van der Waals surface area contributed by atoms with Gasteiger partial charge in [0.05, 0.1) is 20.8 Å². The summed E-state index contributed by atoms with van der Waals surface area (Å²) in [6.07, 6.45) is 5.28. The fourth-order valence-electron chi connectivity index (χ4n) is 4.08. The number of dihydropyridines is 1. The molecule has 0 aliphatic carbocycles. The van der Waals surface area contributed by atoms with Gasteiger partial charge in [0.25, 0.3) is 11.7 Å². The summed E-state index contributed by atoms with van der Waals surface area (Å²) < 4.78 is 11.9. The van der Waals surface area contributed by atoms with Crippen LogP contribution in [0.15, 0.2) is 59.6 Å². The molecule has 4 rings (SSSR count). The van der Waals surface area contributed by atoms with Crippen molar-refractivity contribution in [1.82, 2.24) is 4.90 Å². The van der Waals surface area contributed by atoms with Gasteiger partial charge in [-0.2, -0.15) is 9.48 Å². The first-order valence-electron chi connectivity index (χ1n) is 11.2. The molecule has 0 spiro atoms. The smallest absolute Gasteiger partial charge is 0.446 e. The van der Waals surface area contributed by atoms with E-state index >= 15 is 0 Å². The molecule has 0 aromatic heterocycles. The zero-order valence-corrected chi connectivity index (χ0v) is 19.9. The maximum absolute atomic E-state index is 13.4. The van der Waals surface area contributed by atoms with E-state index in [-0.39, 0.29) is 30.7 Å². The van der Waals surface area contributed by atoms with Crippen LogP contribution in [0.5, 0.6) is 11.5 Å². The minimum Gasteiger partial charge on any atom is -0.493 e. The lowest BCUT2D eigenvalue weighted by atomic mass is 10.0. The number of urea groups is 1. The Labute approximate surface area is 203 Å². The third-order valence-electron chi connectivity index (χ3n) is 5.82. The van der Waals surface area contributed by atoms with Gasteiger partial charge in [-0.1, -0.05) is 24.3 Å². The van der Waals surface area contributed by atoms with Crippen LogP contribution in [0.3, 0.4) is 0 Å². The molecule has 2 aromatic carbocycles. The fraction of sp³-hybridized carbons (Fsp3) is 0.269. The second-order valence-corrected chi connectivity index (χ2v) is 8.21. The average molecular weight is 476 g/mol. The first kappa shape index (κ1) is 23.9. The highest BCUT2D eigenvalue weighted by Gasteiger charge is 2.46. The van der Waals surface area contributed by atoms with Crippen LogP contribution in [0.2, 0.25) is 0 Å². The predicted octanol–water partition coefficient (Wildman–Crippen LogP) is 2.82. The number of ether oxygens (including phenoxy) is 2. The molecule has 0 fully saturated rings. The van der Waals surface area contributed by atoms with E-state index in [0.717, 1.165) is 11.1 Å². The van der Waals surface area contributed by atoms with E-state index in [1.54, 1.807) is 38.5 Å². The molecule has 2 aliphatic heterocycles. The highest BCUT2D eigenvalue weighted by Crippen LogP contribution is 2.28. The molecule has 0 radical (unpaired) electrons. The van der Waals surface area contributed by atoms with Crippen LogP contribution >= 0.6 is 0 Å². The number of allylic oxidation sites excluding steroid dienone is 1. The number of carbonyl (C=O) groups excluding carboxylic acids is 3. The lowest BCUT2D eigenvalue weighted by Gasteiger charge is -2.27. The highest BCUT2D eigenvalue weighted by atomic mass is 16.5. The van der Waals surface area contributed by atoms with E-state index in [1.165, 1.54) is 15.7 Å². The molecule has 0 saturated heterocycles. The Hall–Kier alpha value is -4.27. The van der Waals surface area contributed by atoms with Crippen LogP contribution in [0, 0.1) is 12.8 Å². The molecule has 0 saturated carbocycles. The Bertz CT molecular complexity index is 1260. The van der Waals surface area contributed by atoms with E-state index in [1.807, 2.05) is 37.3 Å². The van der Waals surface area contributed by atoms with Gasteiger partial charge in [0.15, 0.2) is 24.0 Å². The van der Waals surface area contributed by atoms with Crippen molar-refractivity contribution in [3.63, 3.8) is 0 Å².